The molecule has 0 aliphatic rings. The Bertz CT molecular complexity index is 8170. The number of nitrogens with zero attached hydrogens (tertiary/aromatic N) is 8. The summed E-state index contributed by atoms with van der Waals surface area (Å²) in [4.78, 5) is 30.9. The van der Waals surface area contributed by atoms with Crippen LogP contribution in [0.1, 0.15) is 0 Å². The lowest BCUT2D eigenvalue weighted by Gasteiger charge is -2.11. The molecule has 0 N–H and O–H groups in total. The summed E-state index contributed by atoms with van der Waals surface area (Å²) in [5.74, 6) is 3.60. The minimum atomic E-state index is 0.582. The van der Waals surface area contributed by atoms with Crippen molar-refractivity contribution in [1.29, 1.82) is 0 Å². The van der Waals surface area contributed by atoms with Crippen molar-refractivity contribution in [2.24, 2.45) is 0 Å². The highest BCUT2D eigenvalue weighted by Gasteiger charge is 2.25. The standard InChI is InChI=1S/2C57H36N4O/c1-4-15-37(16-5-1)39-29-31-40(32-30-39)43-22-13-24-45(34-43)61-50-27-11-10-25-46(50)48-36-53-49(35-51(48)61)54-47(26-14-28-52(54)62-53)57-59-55(41-19-8-3-9-20-41)58-56(60-57)44-23-12-21-42(33-44)38-17-6-2-7-18-38;1-4-14-37(15-5-1)39-26-28-41(29-27-39)44-20-12-21-45(34-44)61-50-24-11-10-22-46(50)48-36-53-49(35-51(48)61)54-47(23-13-25-52(54)62-53)57-59-55(42-18-8-3-9-19-42)58-56(60-57)43-32-30-40(31-33-43)38-16-6-2-7-17-38/h2*1-36H. The van der Waals surface area contributed by atoms with E-state index in [1.165, 1.54) is 33.4 Å². The Hall–Kier alpha value is -16.8. The van der Waals surface area contributed by atoms with Crippen molar-refractivity contribution in [3.8, 4) is 146 Å². The topological polar surface area (TPSA) is 113 Å². The van der Waals surface area contributed by atoms with Gasteiger partial charge in [-0.1, -0.05) is 358 Å². The first kappa shape index (κ1) is 72.4. The van der Waals surface area contributed by atoms with Crippen LogP contribution in [0.5, 0.6) is 0 Å². The Morgan fingerprint density at radius 2 is 0.419 bits per heavy atom. The molecule has 0 atom stereocenters. The molecule has 0 saturated heterocycles. The molecular formula is C114H72N8O2. The number of rotatable bonds is 14. The second-order valence-corrected chi connectivity index (χ2v) is 31.2. The van der Waals surface area contributed by atoms with Gasteiger partial charge in [0.15, 0.2) is 34.9 Å². The largest absolute Gasteiger partial charge is 0.456 e. The summed E-state index contributed by atoms with van der Waals surface area (Å²) < 4.78 is 18.2. The van der Waals surface area contributed by atoms with Crippen molar-refractivity contribution in [1.82, 2.24) is 39.0 Å². The predicted molar refractivity (Wildman–Crippen MR) is 508 cm³/mol. The first-order chi connectivity index (χ1) is 61.4. The van der Waals surface area contributed by atoms with Crippen molar-refractivity contribution >= 4 is 87.5 Å². The maximum absolute atomic E-state index is 6.72. The zero-order valence-electron chi connectivity index (χ0n) is 67.0. The number of hydrogen-bond donors (Lipinski definition) is 0. The fraction of sp³-hybridized carbons (Fsp3) is 0. The number of fused-ring (bicyclic) bond motifs is 12. The molecule has 18 aromatic carbocycles. The second-order valence-electron chi connectivity index (χ2n) is 31.2. The molecule has 124 heavy (non-hydrogen) atoms. The maximum atomic E-state index is 6.72. The molecule has 0 amide bonds. The van der Waals surface area contributed by atoms with E-state index >= 15 is 0 Å². The lowest BCUT2D eigenvalue weighted by Crippen LogP contribution is -2.00. The average molecular weight is 1590 g/mol. The first-order valence-electron chi connectivity index (χ1n) is 41.7. The third kappa shape index (κ3) is 13.3. The van der Waals surface area contributed by atoms with Crippen LogP contribution in [0, 0.1) is 0 Å². The molecular weight excluding hydrogens is 1510 g/mol. The highest BCUT2D eigenvalue weighted by molar-refractivity contribution is 6.21. The van der Waals surface area contributed by atoms with Gasteiger partial charge < -0.3 is 18.0 Å². The Balaban J connectivity index is 0.000000143. The molecule has 0 unspecified atom stereocenters. The van der Waals surface area contributed by atoms with Gasteiger partial charge in [-0.05, 0) is 146 Å². The van der Waals surface area contributed by atoms with Crippen LogP contribution in [0.15, 0.2) is 446 Å². The van der Waals surface area contributed by atoms with Crippen LogP contribution in [0.25, 0.3) is 234 Å². The molecule has 10 nitrogen and oxygen atoms in total. The summed E-state index contributed by atoms with van der Waals surface area (Å²) >= 11 is 0. The fourth-order valence-corrected chi connectivity index (χ4v) is 17.7. The van der Waals surface area contributed by atoms with Crippen molar-refractivity contribution in [3.63, 3.8) is 0 Å². The zero-order valence-corrected chi connectivity index (χ0v) is 67.0. The van der Waals surface area contributed by atoms with Gasteiger partial charge in [-0.25, -0.2) is 29.9 Å². The summed E-state index contributed by atoms with van der Waals surface area (Å²) in [6.07, 6.45) is 0. The number of aromatic nitrogens is 8. The monoisotopic (exact) mass is 1580 g/mol. The van der Waals surface area contributed by atoms with Crippen LogP contribution in [-0.4, -0.2) is 39.0 Å². The van der Waals surface area contributed by atoms with E-state index in [2.05, 4.69) is 349 Å². The molecule has 24 aromatic rings. The molecule has 6 heterocycles. The number of benzene rings is 18. The third-order valence-electron chi connectivity index (χ3n) is 23.7. The molecule has 0 spiro atoms. The van der Waals surface area contributed by atoms with Gasteiger partial charge in [0.1, 0.15) is 22.3 Å². The molecule has 10 heteroatoms. The molecule has 0 aliphatic carbocycles. The molecule has 0 bridgehead atoms. The van der Waals surface area contributed by atoms with E-state index in [1.54, 1.807) is 0 Å². The molecule has 580 valence electrons. The van der Waals surface area contributed by atoms with Crippen molar-refractivity contribution in [3.05, 3.63) is 437 Å². The fourth-order valence-electron chi connectivity index (χ4n) is 17.7. The van der Waals surface area contributed by atoms with Gasteiger partial charge in [0, 0.05) is 87.8 Å². The first-order valence-corrected chi connectivity index (χ1v) is 41.7. The van der Waals surface area contributed by atoms with Gasteiger partial charge in [-0.3, -0.25) is 0 Å². The summed E-state index contributed by atoms with van der Waals surface area (Å²) in [5.41, 5.74) is 29.2. The Morgan fingerprint density at radius 3 is 0.806 bits per heavy atom. The third-order valence-corrected chi connectivity index (χ3v) is 23.7. The SMILES string of the molecule is c1ccc(-c2ccc(-c3cccc(-n4c5ccccc5c5cc6oc7cccc(-c8nc(-c9ccccc9)nc(-c9ccc(-c%10ccccc%10)cc9)n8)c7c6cc54)c3)cc2)cc1.c1ccc(-c2ccc(-c3cccc(-n4c5ccccc5c5cc6oc7cccc(-c8nc(-c9ccccc9)nc(-c9cccc(-c%10ccccc%10)c9)n8)c7c6cc54)c3)cc2)cc1. The Labute approximate surface area is 713 Å². The quantitative estimate of drug-likeness (QED) is 0.106. The number of furan rings is 2. The molecule has 24 rings (SSSR count). The van der Waals surface area contributed by atoms with E-state index in [-0.39, 0.29) is 0 Å². The summed E-state index contributed by atoms with van der Waals surface area (Å²) in [7, 11) is 0. The number of para-hydroxylation sites is 2. The summed E-state index contributed by atoms with van der Waals surface area (Å²) in [6, 6.07) is 153. The summed E-state index contributed by atoms with van der Waals surface area (Å²) in [5, 5.41) is 8.49. The Morgan fingerprint density at radius 1 is 0.153 bits per heavy atom. The van der Waals surface area contributed by atoms with Crippen molar-refractivity contribution < 1.29 is 8.83 Å². The molecule has 6 aromatic heterocycles. The van der Waals surface area contributed by atoms with Gasteiger partial charge in [-0.15, -0.1) is 0 Å². The van der Waals surface area contributed by atoms with Gasteiger partial charge in [0.2, 0.25) is 0 Å². The van der Waals surface area contributed by atoms with E-state index in [1.807, 2.05) is 97.1 Å². The van der Waals surface area contributed by atoms with Crippen molar-refractivity contribution in [2.75, 3.05) is 0 Å². The molecule has 0 fully saturated rings. The number of hydrogen-bond acceptors (Lipinski definition) is 8. The maximum Gasteiger partial charge on any atom is 0.164 e. The van der Waals surface area contributed by atoms with Crippen LogP contribution in [0.4, 0.5) is 0 Å². The van der Waals surface area contributed by atoms with Crippen molar-refractivity contribution in [2.45, 2.75) is 0 Å². The van der Waals surface area contributed by atoms with E-state index in [0.717, 1.165) is 166 Å². The van der Waals surface area contributed by atoms with Gasteiger partial charge in [0.05, 0.1) is 22.1 Å². The minimum absolute atomic E-state index is 0.582. The predicted octanol–water partition coefficient (Wildman–Crippen LogP) is 29.7. The molecule has 0 saturated carbocycles. The van der Waals surface area contributed by atoms with E-state index in [9.17, 15) is 0 Å². The highest BCUT2D eigenvalue weighted by Crippen LogP contribution is 2.46. The molecule has 0 radical (unpaired) electrons. The van der Waals surface area contributed by atoms with Gasteiger partial charge in [-0.2, -0.15) is 0 Å². The van der Waals surface area contributed by atoms with Crippen LogP contribution >= 0.6 is 0 Å². The van der Waals surface area contributed by atoms with Gasteiger partial charge in [0.25, 0.3) is 0 Å². The van der Waals surface area contributed by atoms with Gasteiger partial charge >= 0.3 is 0 Å². The van der Waals surface area contributed by atoms with Crippen LogP contribution < -0.4 is 0 Å². The Kier molecular flexibility index (Phi) is 18.0. The smallest absolute Gasteiger partial charge is 0.164 e. The van der Waals surface area contributed by atoms with Crippen LogP contribution in [0.3, 0.4) is 0 Å². The van der Waals surface area contributed by atoms with Crippen LogP contribution in [-0.2, 0) is 0 Å². The van der Waals surface area contributed by atoms with E-state index < -0.39 is 0 Å². The lowest BCUT2D eigenvalue weighted by atomic mass is 10.00. The second kappa shape index (κ2) is 30.8. The van der Waals surface area contributed by atoms with Crippen LogP contribution in [0.2, 0.25) is 0 Å². The zero-order chi connectivity index (χ0) is 82.0. The average Bonchev–Trinajstić information content (AvgIpc) is 1.57. The van der Waals surface area contributed by atoms with E-state index in [0.29, 0.717) is 34.9 Å². The lowest BCUT2D eigenvalue weighted by molar-refractivity contribution is 0.669. The molecule has 0 aliphatic heterocycles. The summed E-state index contributed by atoms with van der Waals surface area (Å²) in [6.45, 7) is 0. The van der Waals surface area contributed by atoms with E-state index in [4.69, 9.17) is 38.7 Å². The normalized spacial score (nSPS) is 11.5. The highest BCUT2D eigenvalue weighted by atomic mass is 16.3. The minimum Gasteiger partial charge on any atom is -0.456 e.